The van der Waals surface area contributed by atoms with Gasteiger partial charge in [0.25, 0.3) is 5.91 Å². The van der Waals surface area contributed by atoms with Crippen LogP contribution < -0.4 is 10.1 Å². The van der Waals surface area contributed by atoms with Crippen molar-refractivity contribution in [3.63, 3.8) is 0 Å². The summed E-state index contributed by atoms with van der Waals surface area (Å²) in [5.74, 6) is 0.568. The molecule has 1 aromatic carbocycles. The average molecular weight is 297 g/mol. The molecule has 0 radical (unpaired) electrons. The molecule has 5 nitrogen and oxygen atoms in total. The van der Waals surface area contributed by atoms with Gasteiger partial charge in [-0.2, -0.15) is 0 Å². The first-order chi connectivity index (χ1) is 10.8. The smallest absolute Gasteiger partial charge is 0.251 e. The summed E-state index contributed by atoms with van der Waals surface area (Å²) >= 11 is 0. The van der Waals surface area contributed by atoms with Gasteiger partial charge >= 0.3 is 0 Å². The average Bonchev–Trinajstić information content (AvgIpc) is 2.58. The summed E-state index contributed by atoms with van der Waals surface area (Å²) in [6, 6.07) is 9.54. The van der Waals surface area contributed by atoms with Crippen molar-refractivity contribution in [1.82, 2.24) is 15.3 Å². The Morgan fingerprint density at radius 3 is 2.55 bits per heavy atom. The number of hydrogen-bond acceptors (Lipinski definition) is 4. The van der Waals surface area contributed by atoms with Crippen LogP contribution in [0.4, 0.5) is 0 Å². The lowest BCUT2D eigenvalue weighted by Crippen LogP contribution is -2.39. The fourth-order valence-electron chi connectivity index (χ4n) is 2.70. The predicted molar refractivity (Wildman–Crippen MR) is 82.6 cm³/mol. The van der Waals surface area contributed by atoms with E-state index in [1.165, 1.54) is 0 Å². The molecule has 0 atom stereocenters. The van der Waals surface area contributed by atoms with Crippen LogP contribution in [0.3, 0.4) is 0 Å². The second-order valence-corrected chi connectivity index (χ2v) is 5.47. The van der Waals surface area contributed by atoms with Crippen molar-refractivity contribution in [2.75, 3.05) is 0 Å². The summed E-state index contributed by atoms with van der Waals surface area (Å²) in [5, 5.41) is 3.10. The molecule has 2 aromatic rings. The van der Waals surface area contributed by atoms with Gasteiger partial charge < -0.3 is 10.1 Å². The number of carbonyl (C=O) groups excluding carboxylic acids is 1. The molecule has 22 heavy (non-hydrogen) atoms. The number of benzene rings is 1. The highest BCUT2D eigenvalue weighted by atomic mass is 16.5. The monoisotopic (exact) mass is 297 g/mol. The highest BCUT2D eigenvalue weighted by molar-refractivity contribution is 5.94. The molecule has 1 aromatic heterocycles. The minimum absolute atomic E-state index is 0.00102. The molecule has 0 aliphatic heterocycles. The van der Waals surface area contributed by atoms with E-state index in [9.17, 15) is 4.79 Å². The van der Waals surface area contributed by atoms with E-state index in [0.29, 0.717) is 11.4 Å². The zero-order chi connectivity index (χ0) is 15.2. The van der Waals surface area contributed by atoms with Crippen LogP contribution in [0.5, 0.6) is 5.88 Å². The Balaban J connectivity index is 1.47. The zero-order valence-electron chi connectivity index (χ0n) is 12.3. The Morgan fingerprint density at radius 1 is 1.09 bits per heavy atom. The van der Waals surface area contributed by atoms with Gasteiger partial charge in [0.15, 0.2) is 0 Å². The van der Waals surface area contributed by atoms with Crippen molar-refractivity contribution in [2.24, 2.45) is 0 Å². The molecule has 1 fully saturated rings. The van der Waals surface area contributed by atoms with Gasteiger partial charge in [0, 0.05) is 24.0 Å². The lowest BCUT2D eigenvalue weighted by molar-refractivity contribution is 0.0890. The number of carbonyl (C=O) groups is 1. The third-order valence-electron chi connectivity index (χ3n) is 3.87. The highest BCUT2D eigenvalue weighted by Gasteiger charge is 2.24. The molecule has 3 rings (SSSR count). The van der Waals surface area contributed by atoms with Crippen LogP contribution in [0.2, 0.25) is 0 Å². The molecule has 1 amide bonds. The van der Waals surface area contributed by atoms with Gasteiger partial charge in [-0.1, -0.05) is 18.2 Å². The minimum Gasteiger partial charge on any atom is -0.473 e. The minimum atomic E-state index is -0.00102. The van der Waals surface area contributed by atoms with Gasteiger partial charge in [-0.05, 0) is 37.8 Å². The fraction of sp³-hybridized carbons (Fsp3) is 0.353. The number of ether oxygens (including phenoxy) is 1. The SMILES string of the molecule is O=C(NC1CCC(Oc2cnccn2)CC1)c1ccccc1. The van der Waals surface area contributed by atoms with Crippen LogP contribution in [0.15, 0.2) is 48.9 Å². The normalized spacial score (nSPS) is 21.1. The molecular weight excluding hydrogens is 278 g/mol. The van der Waals surface area contributed by atoms with Crippen LogP contribution in [0, 0.1) is 0 Å². The molecule has 1 heterocycles. The van der Waals surface area contributed by atoms with E-state index in [0.717, 1.165) is 25.7 Å². The molecule has 0 saturated heterocycles. The molecule has 1 N–H and O–H groups in total. The maximum atomic E-state index is 12.1. The summed E-state index contributed by atoms with van der Waals surface area (Å²) in [4.78, 5) is 20.2. The molecule has 0 unspecified atom stereocenters. The van der Waals surface area contributed by atoms with E-state index >= 15 is 0 Å². The van der Waals surface area contributed by atoms with Crippen LogP contribution >= 0.6 is 0 Å². The topological polar surface area (TPSA) is 64.1 Å². The summed E-state index contributed by atoms with van der Waals surface area (Å²) < 4.78 is 5.81. The first-order valence-corrected chi connectivity index (χ1v) is 7.60. The van der Waals surface area contributed by atoms with E-state index in [1.807, 2.05) is 30.3 Å². The van der Waals surface area contributed by atoms with Gasteiger partial charge in [-0.3, -0.25) is 9.78 Å². The van der Waals surface area contributed by atoms with Gasteiger partial charge in [0.05, 0.1) is 6.20 Å². The summed E-state index contributed by atoms with van der Waals surface area (Å²) in [6.45, 7) is 0. The van der Waals surface area contributed by atoms with E-state index < -0.39 is 0 Å². The highest BCUT2D eigenvalue weighted by Crippen LogP contribution is 2.22. The summed E-state index contributed by atoms with van der Waals surface area (Å²) in [5.41, 5.74) is 0.709. The quantitative estimate of drug-likeness (QED) is 0.942. The maximum absolute atomic E-state index is 12.1. The Labute approximate surface area is 129 Å². The van der Waals surface area contributed by atoms with Crippen molar-refractivity contribution in [3.8, 4) is 5.88 Å². The molecule has 0 bridgehead atoms. The summed E-state index contributed by atoms with van der Waals surface area (Å²) in [7, 11) is 0. The second kappa shape index (κ2) is 7.02. The van der Waals surface area contributed by atoms with Crippen molar-refractivity contribution in [3.05, 3.63) is 54.5 Å². The van der Waals surface area contributed by atoms with Crippen molar-refractivity contribution in [2.45, 2.75) is 37.8 Å². The first kappa shape index (κ1) is 14.5. The Bertz CT molecular complexity index is 596. The Hall–Kier alpha value is -2.43. The van der Waals surface area contributed by atoms with Crippen LogP contribution in [0.25, 0.3) is 0 Å². The first-order valence-electron chi connectivity index (χ1n) is 7.60. The van der Waals surface area contributed by atoms with Gasteiger partial charge in [0.1, 0.15) is 6.10 Å². The largest absolute Gasteiger partial charge is 0.473 e. The maximum Gasteiger partial charge on any atom is 0.251 e. The number of nitrogens with zero attached hydrogens (tertiary/aromatic N) is 2. The number of hydrogen-bond donors (Lipinski definition) is 1. The van der Waals surface area contributed by atoms with Crippen LogP contribution in [0.1, 0.15) is 36.0 Å². The zero-order valence-corrected chi connectivity index (χ0v) is 12.3. The lowest BCUT2D eigenvalue weighted by atomic mass is 9.92. The lowest BCUT2D eigenvalue weighted by Gasteiger charge is -2.29. The van der Waals surface area contributed by atoms with E-state index in [4.69, 9.17) is 4.74 Å². The molecular formula is C17H19N3O2. The van der Waals surface area contributed by atoms with Crippen LogP contribution in [-0.2, 0) is 0 Å². The molecule has 114 valence electrons. The number of amides is 1. The molecule has 5 heteroatoms. The number of rotatable bonds is 4. The van der Waals surface area contributed by atoms with E-state index in [2.05, 4.69) is 15.3 Å². The summed E-state index contributed by atoms with van der Waals surface area (Å²) in [6.07, 6.45) is 8.70. The van der Waals surface area contributed by atoms with Gasteiger partial charge in [-0.15, -0.1) is 0 Å². The number of nitrogens with one attached hydrogen (secondary N) is 1. The van der Waals surface area contributed by atoms with Crippen molar-refractivity contribution < 1.29 is 9.53 Å². The second-order valence-electron chi connectivity index (χ2n) is 5.47. The predicted octanol–water partition coefficient (Wildman–Crippen LogP) is 2.60. The third-order valence-corrected chi connectivity index (χ3v) is 3.87. The molecule has 0 spiro atoms. The standard InChI is InChI=1S/C17H19N3O2/c21-17(13-4-2-1-3-5-13)20-14-6-8-15(9-7-14)22-16-12-18-10-11-19-16/h1-5,10-12,14-15H,6-9H2,(H,20,21). The Morgan fingerprint density at radius 2 is 1.86 bits per heavy atom. The molecule has 1 aliphatic rings. The van der Waals surface area contributed by atoms with Crippen molar-refractivity contribution >= 4 is 5.91 Å². The third kappa shape index (κ3) is 3.81. The van der Waals surface area contributed by atoms with Crippen LogP contribution in [-0.4, -0.2) is 28.0 Å². The van der Waals surface area contributed by atoms with E-state index in [-0.39, 0.29) is 18.1 Å². The van der Waals surface area contributed by atoms with E-state index in [1.54, 1.807) is 18.6 Å². The molecule has 1 saturated carbocycles. The Kier molecular flexibility index (Phi) is 4.63. The van der Waals surface area contributed by atoms with Gasteiger partial charge in [-0.25, -0.2) is 4.98 Å². The fourth-order valence-corrected chi connectivity index (χ4v) is 2.70. The van der Waals surface area contributed by atoms with Crippen molar-refractivity contribution in [1.29, 1.82) is 0 Å². The molecule has 1 aliphatic carbocycles. The number of aromatic nitrogens is 2. The van der Waals surface area contributed by atoms with Gasteiger partial charge in [0.2, 0.25) is 5.88 Å².